The van der Waals surface area contributed by atoms with E-state index in [1.807, 2.05) is 55.1 Å². The molecule has 1 N–H and O–H groups in total. The van der Waals surface area contributed by atoms with Gasteiger partial charge in [0.15, 0.2) is 5.13 Å². The number of carbonyl (C=O) groups is 1. The quantitative estimate of drug-likeness (QED) is 0.711. The summed E-state index contributed by atoms with van der Waals surface area (Å²) in [6.45, 7) is 5.45. The zero-order valence-corrected chi connectivity index (χ0v) is 17.3. The topological polar surface area (TPSA) is 46.9 Å². The number of amides is 1. The van der Waals surface area contributed by atoms with Crippen LogP contribution >= 0.6 is 11.3 Å². The van der Waals surface area contributed by atoms with Crippen molar-refractivity contribution >= 4 is 32.6 Å². The van der Waals surface area contributed by atoms with E-state index in [9.17, 15) is 4.79 Å². The van der Waals surface area contributed by atoms with Gasteiger partial charge in [-0.2, -0.15) is 0 Å². The lowest BCUT2D eigenvalue weighted by Gasteiger charge is -2.21. The van der Waals surface area contributed by atoms with Crippen molar-refractivity contribution < 1.29 is 14.4 Å². The molecule has 0 radical (unpaired) electrons. The van der Waals surface area contributed by atoms with Gasteiger partial charge in [0.25, 0.3) is 5.91 Å². The molecule has 3 aromatic rings. The first-order valence-corrected chi connectivity index (χ1v) is 9.83. The van der Waals surface area contributed by atoms with Crippen molar-refractivity contribution in [3.05, 3.63) is 53.1 Å². The number of likely N-dealkylation sites (N-methyl/N-ethyl adjacent to an activating group) is 1. The number of hydrogen-bond donors (Lipinski definition) is 1. The van der Waals surface area contributed by atoms with Gasteiger partial charge in [0, 0.05) is 11.6 Å². The second-order valence-electron chi connectivity index (χ2n) is 7.06. The van der Waals surface area contributed by atoms with E-state index >= 15 is 0 Å². The van der Waals surface area contributed by atoms with Crippen molar-refractivity contribution in [3.63, 3.8) is 0 Å². The Kier molecular flexibility index (Phi) is 5.77. The van der Waals surface area contributed by atoms with E-state index in [1.165, 1.54) is 16.2 Å². The average molecular weight is 385 g/mol. The zero-order valence-electron chi connectivity index (χ0n) is 16.5. The van der Waals surface area contributed by atoms with Crippen LogP contribution in [0.3, 0.4) is 0 Å². The molecule has 0 aliphatic heterocycles. The average Bonchev–Trinajstić information content (AvgIpc) is 3.06. The smallest absolute Gasteiger partial charge is 0.260 e. The van der Waals surface area contributed by atoms with Gasteiger partial charge in [-0.05, 0) is 37.6 Å². The summed E-state index contributed by atoms with van der Waals surface area (Å²) >= 11 is 1.54. The van der Waals surface area contributed by atoms with Crippen LogP contribution < -0.4 is 14.5 Å². The molecular formula is C21H26N3O2S+. The Bertz CT molecular complexity index is 965. The van der Waals surface area contributed by atoms with Crippen molar-refractivity contribution in [1.29, 1.82) is 0 Å². The molecule has 0 aliphatic carbocycles. The standard InChI is InChI=1S/C21H25N3O2S/c1-14-6-7-15(2)17(12-14)20(25)24(11-10-23(3)4)21-22-18-13-16(26-5)8-9-19(18)27-21/h6-9,12-13H,10-11H2,1-5H3/p+1. The summed E-state index contributed by atoms with van der Waals surface area (Å²) in [6, 6.07) is 11.8. The first-order valence-electron chi connectivity index (χ1n) is 9.02. The summed E-state index contributed by atoms with van der Waals surface area (Å²) in [5, 5.41) is 0.727. The maximum atomic E-state index is 13.4. The minimum Gasteiger partial charge on any atom is -0.497 e. The van der Waals surface area contributed by atoms with Crippen molar-refractivity contribution in [2.75, 3.05) is 39.2 Å². The van der Waals surface area contributed by atoms with Gasteiger partial charge >= 0.3 is 0 Å². The van der Waals surface area contributed by atoms with Crippen molar-refractivity contribution in [2.24, 2.45) is 0 Å². The number of aryl methyl sites for hydroxylation is 2. The second kappa shape index (κ2) is 8.06. The fourth-order valence-electron chi connectivity index (χ4n) is 2.87. The number of anilines is 1. The Morgan fingerprint density at radius 2 is 1.96 bits per heavy atom. The largest absolute Gasteiger partial charge is 0.497 e. The summed E-state index contributed by atoms with van der Waals surface area (Å²) in [6.07, 6.45) is 0. The van der Waals surface area contributed by atoms with E-state index in [2.05, 4.69) is 14.1 Å². The number of fused-ring (bicyclic) bond motifs is 1. The number of quaternary nitrogens is 1. The van der Waals surface area contributed by atoms with Gasteiger partial charge in [-0.25, -0.2) is 4.98 Å². The molecule has 6 heteroatoms. The fourth-order valence-corrected chi connectivity index (χ4v) is 3.84. The Morgan fingerprint density at radius 1 is 1.19 bits per heavy atom. The summed E-state index contributed by atoms with van der Waals surface area (Å²) in [5.74, 6) is 0.771. The highest BCUT2D eigenvalue weighted by Crippen LogP contribution is 2.32. The van der Waals surface area contributed by atoms with E-state index in [4.69, 9.17) is 9.72 Å². The molecule has 1 amide bonds. The minimum atomic E-state index is 0.00321. The summed E-state index contributed by atoms with van der Waals surface area (Å²) in [5.41, 5.74) is 3.65. The Hall–Kier alpha value is -2.44. The van der Waals surface area contributed by atoms with E-state index in [0.717, 1.165) is 44.3 Å². The molecule has 2 aromatic carbocycles. The highest BCUT2D eigenvalue weighted by atomic mass is 32.1. The van der Waals surface area contributed by atoms with Crippen molar-refractivity contribution in [1.82, 2.24) is 4.98 Å². The molecule has 3 rings (SSSR count). The molecule has 0 unspecified atom stereocenters. The third kappa shape index (κ3) is 4.28. The van der Waals surface area contributed by atoms with E-state index in [-0.39, 0.29) is 5.91 Å². The van der Waals surface area contributed by atoms with Gasteiger partial charge < -0.3 is 9.64 Å². The predicted molar refractivity (Wildman–Crippen MR) is 111 cm³/mol. The van der Waals surface area contributed by atoms with Crippen LogP contribution in [0.5, 0.6) is 5.75 Å². The first kappa shape index (κ1) is 19.3. The fraction of sp³-hybridized carbons (Fsp3) is 0.333. The molecule has 0 aliphatic rings. The zero-order chi connectivity index (χ0) is 19.6. The lowest BCUT2D eigenvalue weighted by molar-refractivity contribution is -0.856. The van der Waals surface area contributed by atoms with Gasteiger partial charge in [-0.1, -0.05) is 29.0 Å². The van der Waals surface area contributed by atoms with Crippen LogP contribution in [0.25, 0.3) is 10.2 Å². The van der Waals surface area contributed by atoms with Gasteiger partial charge in [0.1, 0.15) is 5.75 Å². The maximum Gasteiger partial charge on any atom is 0.260 e. The van der Waals surface area contributed by atoms with Crippen LogP contribution in [-0.4, -0.2) is 45.2 Å². The summed E-state index contributed by atoms with van der Waals surface area (Å²) in [7, 11) is 5.82. The number of thiazole rings is 1. The number of carbonyl (C=O) groups excluding carboxylic acids is 1. The van der Waals surface area contributed by atoms with Crippen LogP contribution in [0, 0.1) is 13.8 Å². The van der Waals surface area contributed by atoms with Gasteiger partial charge in [0.05, 0.1) is 44.5 Å². The Labute approximate surface area is 164 Å². The van der Waals surface area contributed by atoms with E-state index in [1.54, 1.807) is 7.11 Å². The Morgan fingerprint density at radius 3 is 2.67 bits per heavy atom. The minimum absolute atomic E-state index is 0.00321. The number of benzene rings is 2. The first-order chi connectivity index (χ1) is 12.9. The molecule has 0 spiro atoms. The SMILES string of the molecule is COc1ccc2sc(N(CC[NH+](C)C)C(=O)c3cc(C)ccc3C)nc2c1. The molecule has 0 fully saturated rings. The number of nitrogens with one attached hydrogen (secondary N) is 1. The number of ether oxygens (including phenoxy) is 1. The normalized spacial score (nSPS) is 11.2. The van der Waals surface area contributed by atoms with E-state index in [0.29, 0.717) is 6.54 Å². The molecule has 1 heterocycles. The van der Waals surface area contributed by atoms with E-state index < -0.39 is 0 Å². The van der Waals surface area contributed by atoms with Crippen LogP contribution in [0.15, 0.2) is 36.4 Å². The van der Waals surface area contributed by atoms with Crippen molar-refractivity contribution in [2.45, 2.75) is 13.8 Å². The highest BCUT2D eigenvalue weighted by Gasteiger charge is 2.23. The molecule has 0 atom stereocenters. The molecule has 5 nitrogen and oxygen atoms in total. The maximum absolute atomic E-state index is 13.4. The third-order valence-corrected chi connectivity index (χ3v) is 5.58. The molecule has 1 aromatic heterocycles. The number of hydrogen-bond acceptors (Lipinski definition) is 4. The van der Waals surface area contributed by atoms with Crippen LogP contribution in [0.4, 0.5) is 5.13 Å². The monoisotopic (exact) mass is 384 g/mol. The summed E-state index contributed by atoms with van der Waals surface area (Å²) in [4.78, 5) is 21.2. The predicted octanol–water partition coefficient (Wildman–Crippen LogP) is 2.71. The Balaban J connectivity index is 2.02. The van der Waals surface area contributed by atoms with Crippen LogP contribution in [-0.2, 0) is 0 Å². The third-order valence-electron chi connectivity index (χ3n) is 4.52. The molecule has 142 valence electrons. The number of aromatic nitrogens is 1. The number of nitrogens with zero attached hydrogens (tertiary/aromatic N) is 2. The summed E-state index contributed by atoms with van der Waals surface area (Å²) < 4.78 is 6.34. The molecule has 0 bridgehead atoms. The number of rotatable bonds is 6. The van der Waals surface area contributed by atoms with Crippen LogP contribution in [0.2, 0.25) is 0 Å². The highest BCUT2D eigenvalue weighted by molar-refractivity contribution is 7.22. The lowest BCUT2D eigenvalue weighted by atomic mass is 10.0. The molecule has 0 saturated carbocycles. The lowest BCUT2D eigenvalue weighted by Crippen LogP contribution is -3.06. The van der Waals surface area contributed by atoms with Gasteiger partial charge in [0.2, 0.25) is 0 Å². The van der Waals surface area contributed by atoms with Gasteiger partial charge in [-0.15, -0.1) is 0 Å². The molecule has 0 saturated heterocycles. The number of methoxy groups -OCH3 is 1. The molecule has 27 heavy (non-hydrogen) atoms. The second-order valence-corrected chi connectivity index (χ2v) is 8.07. The van der Waals surface area contributed by atoms with Crippen molar-refractivity contribution in [3.8, 4) is 5.75 Å². The van der Waals surface area contributed by atoms with Crippen LogP contribution in [0.1, 0.15) is 21.5 Å². The van der Waals surface area contributed by atoms with Gasteiger partial charge in [-0.3, -0.25) is 9.69 Å². The molecular weight excluding hydrogens is 358 g/mol.